The molecule has 0 atom stereocenters. The van der Waals surface area contributed by atoms with E-state index in [4.69, 9.17) is 0 Å². The molecule has 110 valence electrons. The lowest BCUT2D eigenvalue weighted by Crippen LogP contribution is -2.24. The van der Waals surface area contributed by atoms with Crippen LogP contribution in [0.1, 0.15) is 66.7 Å². The van der Waals surface area contributed by atoms with Crippen LogP contribution in [0, 0.1) is 0 Å². The molecule has 0 saturated heterocycles. The summed E-state index contributed by atoms with van der Waals surface area (Å²) < 4.78 is 0. The maximum atomic E-state index is 4.17. The van der Waals surface area contributed by atoms with Crippen LogP contribution >= 0.6 is 0 Å². The van der Waals surface area contributed by atoms with Gasteiger partial charge >= 0.3 is 0 Å². The first kappa shape index (κ1) is 18.0. The van der Waals surface area contributed by atoms with Crippen molar-refractivity contribution in [3.63, 3.8) is 0 Å². The Labute approximate surface area is 121 Å². The third-order valence-corrected chi connectivity index (χ3v) is 3.72. The van der Waals surface area contributed by atoms with Gasteiger partial charge in [-0.25, -0.2) is 0 Å². The molecule has 0 fully saturated rings. The van der Waals surface area contributed by atoms with Crippen LogP contribution in [0.15, 0.2) is 35.6 Å². The Balaban J connectivity index is 4.78. The minimum atomic E-state index is 1.01. The molecule has 19 heavy (non-hydrogen) atoms. The Morgan fingerprint density at radius 2 is 1.79 bits per heavy atom. The highest BCUT2D eigenvalue weighted by Crippen LogP contribution is 2.16. The van der Waals surface area contributed by atoms with Crippen molar-refractivity contribution in [2.45, 2.75) is 66.7 Å². The summed E-state index contributed by atoms with van der Waals surface area (Å²) in [6.07, 6.45) is 10.6. The Hall–Kier alpha value is -0.980. The van der Waals surface area contributed by atoms with Gasteiger partial charge in [0.25, 0.3) is 0 Å². The molecular weight excluding hydrogens is 230 g/mol. The molecule has 0 rings (SSSR count). The van der Waals surface area contributed by atoms with Crippen LogP contribution in [0.3, 0.4) is 0 Å². The highest BCUT2D eigenvalue weighted by atomic mass is 15.1. The van der Waals surface area contributed by atoms with Crippen molar-refractivity contribution in [1.82, 2.24) is 4.90 Å². The average molecular weight is 263 g/mol. The minimum Gasteiger partial charge on any atom is -0.371 e. The first-order valence-electron chi connectivity index (χ1n) is 7.88. The van der Waals surface area contributed by atoms with Crippen molar-refractivity contribution in [2.24, 2.45) is 0 Å². The first-order chi connectivity index (χ1) is 9.10. The van der Waals surface area contributed by atoms with Gasteiger partial charge in [0.15, 0.2) is 0 Å². The normalized spacial score (nSPS) is 12.7. The van der Waals surface area contributed by atoms with Crippen molar-refractivity contribution in [3.8, 4) is 0 Å². The molecule has 1 heteroatoms. The van der Waals surface area contributed by atoms with Gasteiger partial charge < -0.3 is 4.90 Å². The topological polar surface area (TPSA) is 3.24 Å². The van der Waals surface area contributed by atoms with Crippen LogP contribution in [0.25, 0.3) is 0 Å². The average Bonchev–Trinajstić information content (AvgIpc) is 2.45. The molecular formula is C18H33N. The van der Waals surface area contributed by atoms with Crippen LogP contribution in [0.4, 0.5) is 0 Å². The predicted octanol–water partition coefficient (Wildman–Crippen LogP) is 5.70. The van der Waals surface area contributed by atoms with Crippen molar-refractivity contribution in [2.75, 3.05) is 13.1 Å². The van der Waals surface area contributed by atoms with Gasteiger partial charge in [-0.1, -0.05) is 57.9 Å². The van der Waals surface area contributed by atoms with Crippen LogP contribution in [0.2, 0.25) is 0 Å². The summed E-state index contributed by atoms with van der Waals surface area (Å²) in [4.78, 5) is 2.39. The molecule has 1 nitrogen and oxygen atoms in total. The van der Waals surface area contributed by atoms with Crippen molar-refractivity contribution in [1.29, 1.82) is 0 Å². The number of nitrogens with zero attached hydrogens (tertiary/aromatic N) is 1. The molecule has 0 aliphatic rings. The molecule has 0 heterocycles. The van der Waals surface area contributed by atoms with E-state index in [1.807, 2.05) is 0 Å². The molecule has 0 N–H and O–H groups in total. The lowest BCUT2D eigenvalue weighted by Gasteiger charge is -2.26. The number of rotatable bonds is 10. The van der Waals surface area contributed by atoms with Crippen molar-refractivity contribution < 1.29 is 0 Å². The van der Waals surface area contributed by atoms with Gasteiger partial charge in [-0.15, -0.1) is 0 Å². The second-order valence-corrected chi connectivity index (χ2v) is 5.14. The van der Waals surface area contributed by atoms with E-state index in [0.717, 1.165) is 25.9 Å². The second kappa shape index (κ2) is 10.9. The summed E-state index contributed by atoms with van der Waals surface area (Å²) in [5.41, 5.74) is 4.20. The predicted molar refractivity (Wildman–Crippen MR) is 88.3 cm³/mol. The lowest BCUT2D eigenvalue weighted by atomic mass is 10.0. The number of hydrogen-bond acceptors (Lipinski definition) is 1. The third kappa shape index (κ3) is 7.25. The zero-order chi connectivity index (χ0) is 14.7. The summed E-state index contributed by atoms with van der Waals surface area (Å²) in [5, 5.41) is 0. The van der Waals surface area contributed by atoms with Gasteiger partial charge in [0, 0.05) is 18.8 Å². The quantitative estimate of drug-likeness (QED) is 0.361. The zero-order valence-electron chi connectivity index (χ0n) is 13.8. The molecule has 0 aromatic rings. The highest BCUT2D eigenvalue weighted by Gasteiger charge is 2.07. The SMILES string of the molecule is C=C(CC)N(CC)C/C(C=CCCCC)=C(\C)CC. The van der Waals surface area contributed by atoms with Gasteiger partial charge in [-0.2, -0.15) is 0 Å². The van der Waals surface area contributed by atoms with E-state index in [0.29, 0.717) is 0 Å². The van der Waals surface area contributed by atoms with E-state index in [1.165, 1.54) is 36.1 Å². The highest BCUT2D eigenvalue weighted by molar-refractivity contribution is 5.27. The van der Waals surface area contributed by atoms with Crippen LogP contribution < -0.4 is 0 Å². The van der Waals surface area contributed by atoms with E-state index in [9.17, 15) is 0 Å². The standard InChI is InChI=1S/C18H33N/c1-7-11-12-13-14-18(16(5)8-2)15-19(10-4)17(6)9-3/h13-14H,6-12,15H2,1-5H3/b14-13?,18-16+. The molecule has 0 saturated carbocycles. The van der Waals surface area contributed by atoms with Gasteiger partial charge in [0.05, 0.1) is 0 Å². The molecule has 0 radical (unpaired) electrons. The Bertz CT molecular complexity index is 310. The van der Waals surface area contributed by atoms with E-state index >= 15 is 0 Å². The number of hydrogen-bond donors (Lipinski definition) is 0. The zero-order valence-corrected chi connectivity index (χ0v) is 13.8. The van der Waals surface area contributed by atoms with E-state index < -0.39 is 0 Å². The Morgan fingerprint density at radius 3 is 2.26 bits per heavy atom. The Morgan fingerprint density at radius 1 is 1.11 bits per heavy atom. The molecule has 0 amide bonds. The largest absolute Gasteiger partial charge is 0.371 e. The fourth-order valence-corrected chi connectivity index (χ4v) is 1.98. The van der Waals surface area contributed by atoms with Crippen molar-refractivity contribution in [3.05, 3.63) is 35.6 Å². The van der Waals surface area contributed by atoms with Crippen LogP contribution in [-0.2, 0) is 0 Å². The summed E-state index contributed by atoms with van der Waals surface area (Å²) in [6.45, 7) is 17.3. The minimum absolute atomic E-state index is 1.01. The smallest absolute Gasteiger partial charge is 0.0425 e. The third-order valence-electron chi connectivity index (χ3n) is 3.72. The molecule has 0 unspecified atom stereocenters. The maximum absolute atomic E-state index is 4.17. The summed E-state index contributed by atoms with van der Waals surface area (Å²) in [6, 6.07) is 0. The van der Waals surface area contributed by atoms with E-state index in [-0.39, 0.29) is 0 Å². The van der Waals surface area contributed by atoms with Crippen molar-refractivity contribution >= 4 is 0 Å². The van der Waals surface area contributed by atoms with Gasteiger partial charge in [0.1, 0.15) is 0 Å². The van der Waals surface area contributed by atoms with Gasteiger partial charge in [-0.05, 0) is 38.7 Å². The summed E-state index contributed by atoms with van der Waals surface area (Å²) in [7, 11) is 0. The van der Waals surface area contributed by atoms with Crippen LogP contribution in [0.5, 0.6) is 0 Å². The fraction of sp³-hybridized carbons (Fsp3) is 0.667. The van der Waals surface area contributed by atoms with Gasteiger partial charge in [-0.3, -0.25) is 0 Å². The maximum Gasteiger partial charge on any atom is 0.0425 e. The molecule has 0 spiro atoms. The van der Waals surface area contributed by atoms with Crippen LogP contribution in [-0.4, -0.2) is 18.0 Å². The fourth-order valence-electron chi connectivity index (χ4n) is 1.98. The summed E-state index contributed by atoms with van der Waals surface area (Å²) >= 11 is 0. The lowest BCUT2D eigenvalue weighted by molar-refractivity contribution is 0.384. The molecule has 0 aromatic heterocycles. The molecule has 0 aromatic carbocycles. The molecule has 0 aliphatic heterocycles. The second-order valence-electron chi connectivity index (χ2n) is 5.14. The van der Waals surface area contributed by atoms with Gasteiger partial charge in [0.2, 0.25) is 0 Å². The Kier molecular flexibility index (Phi) is 10.3. The number of likely N-dealkylation sites (N-methyl/N-ethyl adjacent to an activating group) is 1. The monoisotopic (exact) mass is 263 g/mol. The number of allylic oxidation sites excluding steroid dienone is 3. The first-order valence-corrected chi connectivity index (χ1v) is 7.88. The molecule has 0 bridgehead atoms. The molecule has 0 aliphatic carbocycles. The van der Waals surface area contributed by atoms with E-state index in [2.05, 4.69) is 58.2 Å². The summed E-state index contributed by atoms with van der Waals surface area (Å²) in [5.74, 6) is 0. The van der Waals surface area contributed by atoms with E-state index in [1.54, 1.807) is 0 Å². The number of unbranched alkanes of at least 4 members (excludes halogenated alkanes) is 2.